The fraction of sp³-hybridized carbons (Fsp3) is 0.167. The summed E-state index contributed by atoms with van der Waals surface area (Å²) in [5, 5.41) is 12.1. The highest BCUT2D eigenvalue weighted by Gasteiger charge is 2.16. The topological polar surface area (TPSA) is 90.5 Å². The van der Waals surface area contributed by atoms with E-state index in [4.69, 9.17) is 0 Å². The molecule has 0 spiro atoms. The lowest BCUT2D eigenvalue weighted by molar-refractivity contribution is 0.101. The van der Waals surface area contributed by atoms with E-state index in [1.165, 1.54) is 16.8 Å². The maximum Gasteiger partial charge on any atom is 0.295 e. The van der Waals surface area contributed by atoms with Crippen LogP contribution < -0.4 is 5.32 Å². The summed E-state index contributed by atoms with van der Waals surface area (Å²) >= 11 is 0. The van der Waals surface area contributed by atoms with E-state index in [0.29, 0.717) is 17.2 Å². The van der Waals surface area contributed by atoms with E-state index < -0.39 is 5.91 Å². The number of hydrogen-bond acceptors (Lipinski definition) is 5. The number of carbonyl (C=O) groups is 1. The van der Waals surface area contributed by atoms with Crippen LogP contribution in [-0.4, -0.2) is 35.4 Å². The number of halogens is 1. The molecule has 0 atom stereocenters. The Morgan fingerprint density at radius 2 is 1.89 bits per heavy atom. The molecule has 0 unspecified atom stereocenters. The SMILES string of the molecule is Cc1nn(C)c2ncc(NC(=O)c3nc(C)n(-c4ccc(F)cc4)n3)cc12. The van der Waals surface area contributed by atoms with Gasteiger partial charge in [0, 0.05) is 12.4 Å². The molecular formula is C18H16FN7O. The number of carbonyl (C=O) groups excluding carboxylic acids is 1. The van der Waals surface area contributed by atoms with Crippen molar-refractivity contribution in [3.05, 3.63) is 59.7 Å². The summed E-state index contributed by atoms with van der Waals surface area (Å²) in [6.07, 6.45) is 1.56. The van der Waals surface area contributed by atoms with Crippen molar-refractivity contribution < 1.29 is 9.18 Å². The largest absolute Gasteiger partial charge is 0.318 e. The molecule has 0 aliphatic heterocycles. The Kier molecular flexibility index (Phi) is 3.91. The lowest BCUT2D eigenvalue weighted by atomic mass is 10.2. The molecule has 4 aromatic rings. The quantitative estimate of drug-likeness (QED) is 0.603. The smallest absolute Gasteiger partial charge is 0.295 e. The third-order valence-corrected chi connectivity index (χ3v) is 4.16. The summed E-state index contributed by atoms with van der Waals surface area (Å²) in [5.74, 6) is -0.270. The Balaban J connectivity index is 1.61. The summed E-state index contributed by atoms with van der Waals surface area (Å²) in [5.41, 5.74) is 2.71. The molecule has 1 aromatic carbocycles. The van der Waals surface area contributed by atoms with Gasteiger partial charge >= 0.3 is 0 Å². The van der Waals surface area contributed by atoms with E-state index in [-0.39, 0.29) is 11.6 Å². The van der Waals surface area contributed by atoms with Crippen LogP contribution in [0.4, 0.5) is 10.1 Å². The van der Waals surface area contributed by atoms with Crippen LogP contribution in [0.2, 0.25) is 0 Å². The minimum absolute atomic E-state index is 0.0137. The van der Waals surface area contributed by atoms with Crippen molar-refractivity contribution in [2.45, 2.75) is 13.8 Å². The van der Waals surface area contributed by atoms with Gasteiger partial charge in [0.05, 0.1) is 23.3 Å². The normalized spacial score (nSPS) is 11.1. The van der Waals surface area contributed by atoms with Crippen LogP contribution in [-0.2, 0) is 7.05 Å². The van der Waals surface area contributed by atoms with Gasteiger partial charge in [-0.1, -0.05) is 0 Å². The first-order valence-electron chi connectivity index (χ1n) is 8.22. The number of fused-ring (bicyclic) bond motifs is 1. The molecule has 3 heterocycles. The minimum atomic E-state index is -0.457. The maximum atomic E-state index is 13.1. The molecule has 0 bridgehead atoms. The zero-order valence-electron chi connectivity index (χ0n) is 14.9. The first-order valence-corrected chi connectivity index (χ1v) is 8.22. The zero-order chi connectivity index (χ0) is 19.1. The van der Waals surface area contributed by atoms with Crippen LogP contribution in [0.5, 0.6) is 0 Å². The number of anilines is 1. The van der Waals surface area contributed by atoms with Gasteiger partial charge in [-0.05, 0) is 44.2 Å². The highest BCUT2D eigenvalue weighted by Crippen LogP contribution is 2.19. The number of rotatable bonds is 3. The summed E-state index contributed by atoms with van der Waals surface area (Å²) in [7, 11) is 1.81. The number of aromatic nitrogens is 6. The Bertz CT molecular complexity index is 1160. The second kappa shape index (κ2) is 6.27. The Morgan fingerprint density at radius 3 is 2.63 bits per heavy atom. The number of amides is 1. The van der Waals surface area contributed by atoms with Gasteiger partial charge in [0.25, 0.3) is 5.91 Å². The molecule has 8 nitrogen and oxygen atoms in total. The molecule has 4 rings (SSSR count). The average molecular weight is 365 g/mol. The number of aryl methyl sites for hydroxylation is 3. The van der Waals surface area contributed by atoms with Crippen molar-refractivity contribution in [2.24, 2.45) is 7.05 Å². The van der Waals surface area contributed by atoms with Gasteiger partial charge in [-0.25, -0.2) is 19.0 Å². The molecule has 3 aromatic heterocycles. The summed E-state index contributed by atoms with van der Waals surface area (Å²) < 4.78 is 16.3. The summed E-state index contributed by atoms with van der Waals surface area (Å²) in [6, 6.07) is 7.61. The van der Waals surface area contributed by atoms with Crippen molar-refractivity contribution >= 4 is 22.6 Å². The van der Waals surface area contributed by atoms with E-state index in [1.54, 1.807) is 29.9 Å². The number of nitrogens with zero attached hydrogens (tertiary/aromatic N) is 6. The van der Waals surface area contributed by atoms with Crippen molar-refractivity contribution in [3.63, 3.8) is 0 Å². The highest BCUT2D eigenvalue weighted by atomic mass is 19.1. The molecule has 0 saturated carbocycles. The van der Waals surface area contributed by atoms with Crippen LogP contribution in [0.1, 0.15) is 22.1 Å². The summed E-state index contributed by atoms with van der Waals surface area (Å²) in [4.78, 5) is 21.1. The first kappa shape index (κ1) is 16.8. The second-order valence-electron chi connectivity index (χ2n) is 6.13. The van der Waals surface area contributed by atoms with Crippen LogP contribution in [0.25, 0.3) is 16.7 Å². The lowest BCUT2D eigenvalue weighted by Gasteiger charge is -2.03. The number of benzene rings is 1. The second-order valence-corrected chi connectivity index (χ2v) is 6.13. The van der Waals surface area contributed by atoms with Gasteiger partial charge in [0.1, 0.15) is 11.6 Å². The Labute approximate surface area is 153 Å². The molecular weight excluding hydrogens is 349 g/mol. The predicted molar refractivity (Wildman–Crippen MR) is 97.3 cm³/mol. The van der Waals surface area contributed by atoms with Gasteiger partial charge in [-0.2, -0.15) is 5.10 Å². The molecule has 1 N–H and O–H groups in total. The lowest BCUT2D eigenvalue weighted by Crippen LogP contribution is -2.14. The average Bonchev–Trinajstić information content (AvgIpc) is 3.16. The van der Waals surface area contributed by atoms with Crippen LogP contribution in [0.15, 0.2) is 36.5 Å². The molecule has 27 heavy (non-hydrogen) atoms. The molecule has 136 valence electrons. The molecule has 0 aliphatic rings. The van der Waals surface area contributed by atoms with E-state index in [9.17, 15) is 9.18 Å². The van der Waals surface area contributed by atoms with Gasteiger partial charge in [0.15, 0.2) is 5.65 Å². The number of nitrogens with one attached hydrogen (secondary N) is 1. The number of hydrogen-bond donors (Lipinski definition) is 1. The molecule has 0 saturated heterocycles. The van der Waals surface area contributed by atoms with E-state index in [0.717, 1.165) is 16.7 Å². The predicted octanol–water partition coefficient (Wildman–Crippen LogP) is 2.56. The Morgan fingerprint density at radius 1 is 1.15 bits per heavy atom. The first-order chi connectivity index (χ1) is 12.9. The van der Waals surface area contributed by atoms with Gasteiger partial charge in [-0.3, -0.25) is 9.48 Å². The molecule has 0 aliphatic carbocycles. The fourth-order valence-electron chi connectivity index (χ4n) is 2.88. The van der Waals surface area contributed by atoms with Gasteiger partial charge < -0.3 is 5.32 Å². The third kappa shape index (κ3) is 3.03. The summed E-state index contributed by atoms with van der Waals surface area (Å²) in [6.45, 7) is 3.60. The fourth-order valence-corrected chi connectivity index (χ4v) is 2.88. The van der Waals surface area contributed by atoms with Crippen molar-refractivity contribution in [3.8, 4) is 5.69 Å². The van der Waals surface area contributed by atoms with Crippen LogP contribution >= 0.6 is 0 Å². The van der Waals surface area contributed by atoms with Crippen molar-refractivity contribution in [1.82, 2.24) is 29.5 Å². The van der Waals surface area contributed by atoms with E-state index >= 15 is 0 Å². The van der Waals surface area contributed by atoms with E-state index in [2.05, 4.69) is 25.5 Å². The van der Waals surface area contributed by atoms with Crippen molar-refractivity contribution in [2.75, 3.05) is 5.32 Å². The maximum absolute atomic E-state index is 13.1. The van der Waals surface area contributed by atoms with Crippen LogP contribution in [0.3, 0.4) is 0 Å². The minimum Gasteiger partial charge on any atom is -0.318 e. The number of pyridine rings is 1. The molecule has 1 amide bonds. The van der Waals surface area contributed by atoms with Gasteiger partial charge in [0.2, 0.25) is 5.82 Å². The third-order valence-electron chi connectivity index (χ3n) is 4.16. The highest BCUT2D eigenvalue weighted by molar-refractivity contribution is 6.02. The van der Waals surface area contributed by atoms with Crippen LogP contribution in [0, 0.1) is 19.7 Å². The molecule has 0 fully saturated rings. The van der Waals surface area contributed by atoms with Crippen molar-refractivity contribution in [1.29, 1.82) is 0 Å². The van der Waals surface area contributed by atoms with E-state index in [1.807, 2.05) is 20.0 Å². The van der Waals surface area contributed by atoms with Gasteiger partial charge in [-0.15, -0.1) is 5.10 Å². The molecule has 9 heteroatoms. The zero-order valence-corrected chi connectivity index (χ0v) is 14.9. The standard InChI is InChI=1S/C18H16FN7O/c1-10-15-8-13(9-20-17(15)25(3)23-10)22-18(27)16-21-11(2)26(24-16)14-6-4-12(19)5-7-14/h4-9H,1-3H3,(H,22,27). The monoisotopic (exact) mass is 365 g/mol. The Hall–Kier alpha value is -3.62. The molecule has 0 radical (unpaired) electrons.